The Morgan fingerprint density at radius 1 is 0.698 bits per heavy atom. The van der Waals surface area contributed by atoms with E-state index in [0.29, 0.717) is 18.0 Å². The molecule has 4 aromatic heterocycles. The first-order chi connectivity index (χ1) is 30.5. The maximum absolute atomic E-state index is 15.1. The fraction of sp³-hybridized carbons (Fsp3) is 0.233. The summed E-state index contributed by atoms with van der Waals surface area (Å²) in [5.41, 5.74) is 2.36. The van der Waals surface area contributed by atoms with Gasteiger partial charge < -0.3 is 42.3 Å². The van der Waals surface area contributed by atoms with Gasteiger partial charge in [0.2, 0.25) is 23.1 Å². The van der Waals surface area contributed by atoms with Crippen LogP contribution in [0.5, 0.6) is 29.0 Å². The number of halogens is 2. The lowest BCUT2D eigenvalue weighted by Gasteiger charge is -2.38. The number of amides is 4. The van der Waals surface area contributed by atoms with E-state index < -0.39 is 24.0 Å². The number of nitrogens with zero attached hydrogens (tertiary/aromatic N) is 8. The fourth-order valence-electron chi connectivity index (χ4n) is 6.76. The Morgan fingerprint density at radius 3 is 1.92 bits per heavy atom. The van der Waals surface area contributed by atoms with Gasteiger partial charge in [-0.25, -0.2) is 29.3 Å². The average molecular weight is 898 g/mol. The Balaban J connectivity index is 1.20. The molecule has 1 fully saturated rings. The predicted molar refractivity (Wildman–Crippen MR) is 232 cm³/mol. The molecule has 1 aliphatic rings. The van der Waals surface area contributed by atoms with Crippen LogP contribution in [-0.4, -0.2) is 89.6 Å². The van der Waals surface area contributed by atoms with Gasteiger partial charge in [0.05, 0.1) is 26.0 Å². The number of urea groups is 1. The highest BCUT2D eigenvalue weighted by atomic mass is 35.5. The minimum Gasteiger partial charge on any atom is -0.497 e. The topological polar surface area (TPSA) is 188 Å². The first-order valence-corrected chi connectivity index (χ1v) is 20.4. The largest absolute Gasteiger partial charge is 0.497 e. The van der Waals surface area contributed by atoms with Crippen molar-refractivity contribution >= 4 is 86.9 Å². The molecule has 7 aromatic rings. The summed E-state index contributed by atoms with van der Waals surface area (Å²) in [5.74, 6) is -0.164. The molecule has 0 atom stereocenters. The highest BCUT2D eigenvalue weighted by Gasteiger charge is 2.37. The van der Waals surface area contributed by atoms with Crippen LogP contribution in [0.1, 0.15) is 19.4 Å². The number of hydrogen-bond donors (Lipinski definition) is 0. The van der Waals surface area contributed by atoms with Crippen LogP contribution in [0.3, 0.4) is 0 Å². The number of anilines is 4. The molecule has 0 N–H and O–H groups in total. The van der Waals surface area contributed by atoms with E-state index in [4.69, 9.17) is 60.7 Å². The fourth-order valence-corrected chi connectivity index (χ4v) is 7.11. The van der Waals surface area contributed by atoms with Gasteiger partial charge in [-0.2, -0.15) is 14.9 Å². The maximum Gasteiger partial charge on any atom is 0.431 e. The van der Waals surface area contributed by atoms with E-state index in [0.717, 1.165) is 17.0 Å². The number of fused-ring (bicyclic) bond motifs is 2. The number of furan rings is 2. The van der Waals surface area contributed by atoms with Gasteiger partial charge in [-0.1, -0.05) is 30.3 Å². The number of ether oxygens (including phenoxy) is 5. The Kier molecular flexibility index (Phi) is 12.3. The number of methoxy groups -OCH3 is 1. The van der Waals surface area contributed by atoms with Crippen molar-refractivity contribution < 1.29 is 46.9 Å². The molecular weight excluding hydrogens is 859 g/mol. The number of hydrogen-bond acceptors (Lipinski definition) is 15. The van der Waals surface area contributed by atoms with Gasteiger partial charge in [-0.3, -0.25) is 0 Å². The Morgan fingerprint density at radius 2 is 1.29 bits per heavy atom. The number of aromatic nitrogens is 4. The average Bonchev–Trinajstić information content (AvgIpc) is 3.83. The molecule has 0 saturated carbocycles. The number of aryl methyl sites for hydroxylation is 1. The molecule has 4 amide bonds. The monoisotopic (exact) mass is 896 g/mol. The zero-order chi connectivity index (χ0) is 44.2. The number of para-hydroxylation sites is 3. The van der Waals surface area contributed by atoms with E-state index in [2.05, 4.69) is 25.9 Å². The van der Waals surface area contributed by atoms with Crippen molar-refractivity contribution in [3.63, 3.8) is 0 Å². The van der Waals surface area contributed by atoms with E-state index in [1.165, 1.54) is 41.3 Å². The molecule has 324 valence electrons. The van der Waals surface area contributed by atoms with Crippen LogP contribution < -0.4 is 38.4 Å². The first-order valence-electron chi connectivity index (χ1n) is 19.6. The van der Waals surface area contributed by atoms with Crippen molar-refractivity contribution in [2.45, 2.75) is 20.8 Å². The molecule has 8 rings (SSSR count). The van der Waals surface area contributed by atoms with Gasteiger partial charge in [0.25, 0.3) is 11.8 Å². The minimum absolute atomic E-state index is 0.00795. The molecule has 63 heavy (non-hydrogen) atoms. The Labute approximate surface area is 369 Å². The SMILES string of the molecule is CCOc1nc2oc(Cl)cc2nc1N(C(=O)Oc1ccccc1)C(=O)Oc1ccccc1N(C(=O)N1CCN(c2cc(C)cc(OC)c2)CC1)c1nc2cc(Cl)oc2nc1OCC. The lowest BCUT2D eigenvalue weighted by Crippen LogP contribution is -2.52. The summed E-state index contributed by atoms with van der Waals surface area (Å²) in [5, 5.41) is -0.0416. The molecule has 18 nitrogen and oxygen atoms in total. The van der Waals surface area contributed by atoms with E-state index in [9.17, 15) is 9.59 Å². The summed E-state index contributed by atoms with van der Waals surface area (Å²) in [6, 6.07) is 22.4. The molecule has 0 aliphatic carbocycles. The lowest BCUT2D eigenvalue weighted by atomic mass is 10.1. The standard InChI is InChI=1S/C43H38Cl2N8O10/c1-5-58-39-35(46-29-23-33(44)62-37(29)48-39)52(41(54)51-18-16-50(17-19-51)26-20-25(3)21-28(22-26)57-4)31-14-10-11-15-32(31)61-43(56)53(42(55)60-27-12-8-7-9-13-27)36-40(59-6-2)49-38-30(47-36)24-34(45)63-38/h7-15,20-24H,5-6,16-19H2,1-4H3. The summed E-state index contributed by atoms with van der Waals surface area (Å²) in [6.45, 7) is 7.09. The summed E-state index contributed by atoms with van der Waals surface area (Å²) < 4.78 is 39.9. The summed E-state index contributed by atoms with van der Waals surface area (Å²) in [7, 11) is 1.61. The van der Waals surface area contributed by atoms with Crippen LogP contribution >= 0.6 is 23.2 Å². The van der Waals surface area contributed by atoms with Crippen LogP contribution in [0, 0.1) is 6.92 Å². The zero-order valence-corrected chi connectivity index (χ0v) is 35.8. The molecule has 0 radical (unpaired) electrons. The molecule has 0 bridgehead atoms. The number of piperazine rings is 1. The van der Waals surface area contributed by atoms with Gasteiger partial charge in [0.1, 0.15) is 22.5 Å². The van der Waals surface area contributed by atoms with Gasteiger partial charge in [0.15, 0.2) is 16.2 Å². The van der Waals surface area contributed by atoms with Crippen molar-refractivity contribution in [3.8, 4) is 29.0 Å². The number of rotatable bonds is 11. The van der Waals surface area contributed by atoms with Crippen molar-refractivity contribution in [2.75, 3.05) is 61.2 Å². The normalized spacial score (nSPS) is 12.6. The highest BCUT2D eigenvalue weighted by molar-refractivity contribution is 6.30. The molecule has 1 saturated heterocycles. The van der Waals surface area contributed by atoms with Gasteiger partial charge in [-0.15, -0.1) is 0 Å². The molecule has 5 heterocycles. The minimum atomic E-state index is -1.31. The van der Waals surface area contributed by atoms with Crippen LogP contribution in [0.4, 0.5) is 37.4 Å². The first kappa shape index (κ1) is 42.4. The van der Waals surface area contributed by atoms with E-state index in [1.807, 2.05) is 19.1 Å². The Hall–Kier alpha value is -7.31. The third-order valence-corrected chi connectivity index (χ3v) is 9.92. The maximum atomic E-state index is 15.1. The van der Waals surface area contributed by atoms with Crippen LogP contribution in [0.2, 0.25) is 10.4 Å². The molecule has 0 unspecified atom stereocenters. The van der Waals surface area contributed by atoms with Crippen molar-refractivity contribution in [1.29, 1.82) is 0 Å². The summed E-state index contributed by atoms with van der Waals surface area (Å²) >= 11 is 12.3. The van der Waals surface area contributed by atoms with E-state index in [-0.39, 0.29) is 94.0 Å². The van der Waals surface area contributed by atoms with Crippen LogP contribution in [0.15, 0.2) is 93.8 Å². The molecule has 3 aromatic carbocycles. The van der Waals surface area contributed by atoms with E-state index in [1.54, 1.807) is 56.2 Å². The molecule has 1 aliphatic heterocycles. The van der Waals surface area contributed by atoms with Gasteiger partial charge in [-0.05, 0) is 85.9 Å². The molecule has 20 heteroatoms. The second-order valence-corrected chi connectivity index (χ2v) is 14.5. The lowest BCUT2D eigenvalue weighted by molar-refractivity contribution is 0.189. The number of carbonyl (C=O) groups excluding carboxylic acids is 3. The van der Waals surface area contributed by atoms with E-state index >= 15 is 4.79 Å². The third-order valence-electron chi connectivity index (χ3n) is 9.55. The third kappa shape index (κ3) is 9.03. The Bertz CT molecular complexity index is 2810. The summed E-state index contributed by atoms with van der Waals surface area (Å²) in [4.78, 5) is 67.4. The number of imide groups is 1. The van der Waals surface area contributed by atoms with Crippen molar-refractivity contribution in [3.05, 3.63) is 101 Å². The van der Waals surface area contributed by atoms with Crippen LogP contribution in [0.25, 0.3) is 22.5 Å². The number of benzene rings is 3. The van der Waals surface area contributed by atoms with Crippen molar-refractivity contribution in [1.82, 2.24) is 24.8 Å². The molecule has 0 spiro atoms. The molecular formula is C43H38Cl2N8O10. The number of carbonyl (C=O) groups is 3. The second kappa shape index (κ2) is 18.3. The van der Waals surface area contributed by atoms with Crippen LogP contribution in [-0.2, 0) is 0 Å². The smallest absolute Gasteiger partial charge is 0.431 e. The quantitative estimate of drug-likeness (QED) is 0.119. The predicted octanol–water partition coefficient (Wildman–Crippen LogP) is 9.46. The van der Waals surface area contributed by atoms with Gasteiger partial charge in [0, 0.05) is 50.1 Å². The zero-order valence-electron chi connectivity index (χ0n) is 34.2. The highest BCUT2D eigenvalue weighted by Crippen LogP contribution is 2.41. The van der Waals surface area contributed by atoms with Crippen molar-refractivity contribution in [2.24, 2.45) is 0 Å². The summed E-state index contributed by atoms with van der Waals surface area (Å²) in [6.07, 6.45) is -2.54. The second-order valence-electron chi connectivity index (χ2n) is 13.7. The van der Waals surface area contributed by atoms with Gasteiger partial charge >= 0.3 is 18.2 Å².